The number of nitrogens with one attached hydrogen (secondary N) is 1. The Morgan fingerprint density at radius 1 is 1.10 bits per heavy atom. The number of rotatable bonds is 2. The summed E-state index contributed by atoms with van der Waals surface area (Å²) in [6, 6.07) is 11.3. The maximum atomic E-state index is 5.89. The third kappa shape index (κ3) is 2.17. The van der Waals surface area contributed by atoms with Crippen molar-refractivity contribution in [2.75, 3.05) is 0 Å². The van der Waals surface area contributed by atoms with E-state index in [9.17, 15) is 0 Å². The Labute approximate surface area is 125 Å². The molecule has 6 heteroatoms. The van der Waals surface area contributed by atoms with Gasteiger partial charge in [0.05, 0.1) is 23.0 Å². The van der Waals surface area contributed by atoms with E-state index in [2.05, 4.69) is 20.1 Å². The number of nitrogens with zero attached hydrogens (tertiary/aromatic N) is 4. The molecule has 0 radical (unpaired) electrons. The van der Waals surface area contributed by atoms with Crippen molar-refractivity contribution in [3.05, 3.63) is 60.0 Å². The Bertz CT molecular complexity index is 874. The summed E-state index contributed by atoms with van der Waals surface area (Å²) in [6.45, 7) is 0. The predicted molar refractivity (Wildman–Crippen MR) is 81.5 cm³/mol. The molecule has 0 fully saturated rings. The number of benzene rings is 1. The summed E-state index contributed by atoms with van der Waals surface area (Å²) in [7, 11) is 0. The van der Waals surface area contributed by atoms with Crippen molar-refractivity contribution >= 4 is 22.8 Å². The Morgan fingerprint density at radius 2 is 1.95 bits per heavy atom. The van der Waals surface area contributed by atoms with Gasteiger partial charge in [-0.05, 0) is 36.4 Å². The van der Waals surface area contributed by atoms with E-state index in [1.54, 1.807) is 17.1 Å². The number of H-pyrrole nitrogens is 1. The molecule has 0 amide bonds. The van der Waals surface area contributed by atoms with Gasteiger partial charge in [-0.15, -0.1) is 0 Å². The van der Waals surface area contributed by atoms with Gasteiger partial charge < -0.3 is 4.98 Å². The third-order valence-electron chi connectivity index (χ3n) is 3.20. The SMILES string of the molecule is Clc1ccc(-n2cc(-c3nc4ncccc4[nH]3)cn2)cc1. The molecule has 3 heterocycles. The second-order valence-corrected chi connectivity index (χ2v) is 5.05. The molecule has 1 aromatic carbocycles. The van der Waals surface area contributed by atoms with E-state index in [1.807, 2.05) is 42.6 Å². The topological polar surface area (TPSA) is 59.4 Å². The number of aromatic nitrogens is 5. The standard InChI is InChI=1S/C15H10ClN5/c16-11-3-5-12(6-4-11)21-9-10(8-18-21)14-19-13-2-1-7-17-15(13)20-14/h1-9H,(H,17,19,20). The number of hydrogen-bond acceptors (Lipinski definition) is 3. The number of halogens is 1. The van der Waals surface area contributed by atoms with E-state index in [-0.39, 0.29) is 0 Å². The molecule has 0 spiro atoms. The van der Waals surface area contributed by atoms with E-state index in [0.717, 1.165) is 22.6 Å². The van der Waals surface area contributed by atoms with Gasteiger partial charge in [0.1, 0.15) is 5.82 Å². The van der Waals surface area contributed by atoms with Crippen LogP contribution >= 0.6 is 11.6 Å². The molecule has 0 aliphatic carbocycles. The summed E-state index contributed by atoms with van der Waals surface area (Å²) in [6.07, 6.45) is 5.41. The molecular weight excluding hydrogens is 286 g/mol. The molecule has 5 nitrogen and oxygen atoms in total. The van der Waals surface area contributed by atoms with Gasteiger partial charge >= 0.3 is 0 Å². The first-order chi connectivity index (χ1) is 10.3. The fraction of sp³-hybridized carbons (Fsp3) is 0. The van der Waals surface area contributed by atoms with E-state index < -0.39 is 0 Å². The van der Waals surface area contributed by atoms with Crippen LogP contribution in [0.5, 0.6) is 0 Å². The molecule has 4 aromatic rings. The molecule has 21 heavy (non-hydrogen) atoms. The van der Waals surface area contributed by atoms with E-state index in [1.165, 1.54) is 0 Å². The lowest BCUT2D eigenvalue weighted by molar-refractivity contribution is 0.880. The molecule has 102 valence electrons. The molecule has 0 aliphatic rings. The van der Waals surface area contributed by atoms with Crippen molar-refractivity contribution < 1.29 is 0 Å². The molecule has 0 aliphatic heterocycles. The van der Waals surface area contributed by atoms with Gasteiger partial charge in [0.25, 0.3) is 0 Å². The minimum Gasteiger partial charge on any atom is -0.336 e. The van der Waals surface area contributed by atoms with Crippen LogP contribution < -0.4 is 0 Å². The molecule has 0 saturated heterocycles. The fourth-order valence-corrected chi connectivity index (χ4v) is 2.29. The van der Waals surface area contributed by atoms with E-state index in [4.69, 9.17) is 11.6 Å². The van der Waals surface area contributed by atoms with Crippen LogP contribution in [0, 0.1) is 0 Å². The van der Waals surface area contributed by atoms with Crippen molar-refractivity contribution in [1.29, 1.82) is 0 Å². The van der Waals surface area contributed by atoms with Crippen LogP contribution in [0.2, 0.25) is 5.02 Å². The molecular formula is C15H10ClN5. The molecule has 0 bridgehead atoms. The molecule has 3 aromatic heterocycles. The smallest absolute Gasteiger partial charge is 0.178 e. The summed E-state index contributed by atoms with van der Waals surface area (Å²) in [5, 5.41) is 5.06. The second-order valence-electron chi connectivity index (χ2n) is 4.61. The second kappa shape index (κ2) is 4.71. The van der Waals surface area contributed by atoms with Gasteiger partial charge in [-0.3, -0.25) is 0 Å². The van der Waals surface area contributed by atoms with Crippen molar-refractivity contribution in [3.63, 3.8) is 0 Å². The van der Waals surface area contributed by atoms with Crippen LogP contribution in [0.1, 0.15) is 0 Å². The zero-order valence-electron chi connectivity index (χ0n) is 10.9. The number of hydrogen-bond donors (Lipinski definition) is 1. The monoisotopic (exact) mass is 295 g/mol. The number of fused-ring (bicyclic) bond motifs is 1. The minimum atomic E-state index is 0.701. The highest BCUT2D eigenvalue weighted by Gasteiger charge is 2.08. The van der Waals surface area contributed by atoms with Gasteiger partial charge in [-0.1, -0.05) is 11.6 Å². The van der Waals surface area contributed by atoms with Gasteiger partial charge in [-0.2, -0.15) is 5.10 Å². The highest BCUT2D eigenvalue weighted by molar-refractivity contribution is 6.30. The highest BCUT2D eigenvalue weighted by atomic mass is 35.5. The maximum absolute atomic E-state index is 5.89. The summed E-state index contributed by atoms with van der Waals surface area (Å²) < 4.78 is 1.78. The van der Waals surface area contributed by atoms with Crippen molar-refractivity contribution in [3.8, 4) is 17.1 Å². The minimum absolute atomic E-state index is 0.701. The lowest BCUT2D eigenvalue weighted by Crippen LogP contribution is -1.92. The van der Waals surface area contributed by atoms with Gasteiger partial charge in [0, 0.05) is 17.4 Å². The maximum Gasteiger partial charge on any atom is 0.178 e. The quantitative estimate of drug-likeness (QED) is 0.616. The molecule has 4 rings (SSSR count). The molecule has 0 atom stereocenters. The van der Waals surface area contributed by atoms with E-state index >= 15 is 0 Å². The Balaban J connectivity index is 1.75. The summed E-state index contributed by atoms with van der Waals surface area (Å²) in [4.78, 5) is 11.9. The van der Waals surface area contributed by atoms with Crippen LogP contribution in [0.3, 0.4) is 0 Å². The predicted octanol–water partition coefficient (Wildman–Crippen LogP) is 3.46. The number of aromatic amines is 1. The summed E-state index contributed by atoms with van der Waals surface area (Å²) in [5.41, 5.74) is 3.46. The van der Waals surface area contributed by atoms with Crippen LogP contribution in [0.4, 0.5) is 0 Å². The number of pyridine rings is 1. The van der Waals surface area contributed by atoms with Gasteiger partial charge in [-0.25, -0.2) is 14.6 Å². The Kier molecular flexibility index (Phi) is 2.72. The third-order valence-corrected chi connectivity index (χ3v) is 3.46. The first-order valence-corrected chi connectivity index (χ1v) is 6.79. The molecule has 0 saturated carbocycles. The lowest BCUT2D eigenvalue weighted by Gasteiger charge is -1.99. The van der Waals surface area contributed by atoms with Gasteiger partial charge in [0.2, 0.25) is 0 Å². The fourth-order valence-electron chi connectivity index (χ4n) is 2.16. The van der Waals surface area contributed by atoms with Crippen LogP contribution in [-0.2, 0) is 0 Å². The van der Waals surface area contributed by atoms with E-state index in [0.29, 0.717) is 10.7 Å². The van der Waals surface area contributed by atoms with Crippen molar-refractivity contribution in [2.45, 2.75) is 0 Å². The molecule has 0 unspecified atom stereocenters. The highest BCUT2D eigenvalue weighted by Crippen LogP contribution is 2.20. The largest absolute Gasteiger partial charge is 0.336 e. The van der Waals surface area contributed by atoms with Gasteiger partial charge in [0.15, 0.2) is 5.65 Å². The lowest BCUT2D eigenvalue weighted by atomic mass is 10.3. The number of imidazole rings is 1. The first-order valence-electron chi connectivity index (χ1n) is 6.41. The Hall–Kier alpha value is -2.66. The zero-order chi connectivity index (χ0) is 14.2. The first kappa shape index (κ1) is 12.1. The van der Waals surface area contributed by atoms with Crippen LogP contribution in [0.15, 0.2) is 55.0 Å². The van der Waals surface area contributed by atoms with Crippen LogP contribution in [0.25, 0.3) is 28.2 Å². The zero-order valence-corrected chi connectivity index (χ0v) is 11.6. The average molecular weight is 296 g/mol. The summed E-state index contributed by atoms with van der Waals surface area (Å²) in [5.74, 6) is 0.754. The van der Waals surface area contributed by atoms with Crippen molar-refractivity contribution in [2.24, 2.45) is 0 Å². The summed E-state index contributed by atoms with van der Waals surface area (Å²) >= 11 is 5.89. The average Bonchev–Trinajstić information content (AvgIpc) is 3.14. The van der Waals surface area contributed by atoms with Crippen LogP contribution in [-0.4, -0.2) is 24.7 Å². The molecule has 1 N–H and O–H groups in total. The van der Waals surface area contributed by atoms with Crippen molar-refractivity contribution in [1.82, 2.24) is 24.7 Å². The Morgan fingerprint density at radius 3 is 2.76 bits per heavy atom. The normalized spacial score (nSPS) is 11.1.